The third-order valence-corrected chi connectivity index (χ3v) is 4.93. The molecule has 0 saturated carbocycles. The van der Waals surface area contributed by atoms with Gasteiger partial charge in [-0.3, -0.25) is 4.79 Å². The predicted molar refractivity (Wildman–Crippen MR) is 66.3 cm³/mol. The number of amides is 1. The second-order valence-electron chi connectivity index (χ2n) is 3.70. The van der Waals surface area contributed by atoms with Gasteiger partial charge in [0.25, 0.3) is 0 Å². The first kappa shape index (κ1) is 11.0. The summed E-state index contributed by atoms with van der Waals surface area (Å²) in [5.41, 5.74) is 0. The first-order valence-electron chi connectivity index (χ1n) is 5.23. The van der Waals surface area contributed by atoms with Crippen LogP contribution in [0.2, 0.25) is 0 Å². The zero-order valence-corrected chi connectivity index (χ0v) is 10.5. The molecule has 1 saturated heterocycles. The molecule has 1 fully saturated rings. The number of thioether (sulfide) groups is 2. The number of hydrogen-bond acceptors (Lipinski definition) is 6. The molecule has 1 amide bonds. The molecule has 7 heteroatoms. The quantitative estimate of drug-likeness (QED) is 0.601. The Kier molecular flexibility index (Phi) is 3.02. The summed E-state index contributed by atoms with van der Waals surface area (Å²) in [5, 5.41) is 8.59. The second-order valence-corrected chi connectivity index (χ2v) is 5.83. The van der Waals surface area contributed by atoms with E-state index in [1.807, 2.05) is 28.9 Å². The SMILES string of the molecule is O=C1C(CSc2nccnn2)[C@@H]2SCC=CN12. The Labute approximate surface area is 107 Å². The molecule has 17 heavy (non-hydrogen) atoms. The topological polar surface area (TPSA) is 59.0 Å². The van der Waals surface area contributed by atoms with Gasteiger partial charge in [-0.05, 0) is 0 Å². The summed E-state index contributed by atoms with van der Waals surface area (Å²) in [6.45, 7) is 0. The van der Waals surface area contributed by atoms with Crippen LogP contribution in [0.15, 0.2) is 29.8 Å². The van der Waals surface area contributed by atoms with Gasteiger partial charge in [-0.25, -0.2) is 4.98 Å². The van der Waals surface area contributed by atoms with E-state index >= 15 is 0 Å². The van der Waals surface area contributed by atoms with E-state index in [-0.39, 0.29) is 11.8 Å². The first-order valence-corrected chi connectivity index (χ1v) is 7.26. The Hall–Kier alpha value is -1.08. The van der Waals surface area contributed by atoms with Gasteiger partial charge < -0.3 is 4.90 Å². The third-order valence-electron chi connectivity index (χ3n) is 2.67. The van der Waals surface area contributed by atoms with Crippen molar-refractivity contribution < 1.29 is 4.79 Å². The van der Waals surface area contributed by atoms with Gasteiger partial charge in [0, 0.05) is 17.7 Å². The molecule has 0 aliphatic carbocycles. The average molecular weight is 266 g/mol. The van der Waals surface area contributed by atoms with E-state index in [0.717, 1.165) is 11.5 Å². The van der Waals surface area contributed by atoms with Crippen LogP contribution in [-0.4, -0.2) is 42.9 Å². The van der Waals surface area contributed by atoms with E-state index in [1.165, 1.54) is 11.8 Å². The van der Waals surface area contributed by atoms with Gasteiger partial charge in [0.15, 0.2) is 0 Å². The standard InChI is InChI=1S/C10H10N4OS2/c15-8-7(9-14(8)4-1-5-16-9)6-17-10-11-2-3-12-13-10/h1-4,7,9H,5-6H2/t7?,9-/m0/s1. The summed E-state index contributed by atoms with van der Waals surface area (Å²) in [7, 11) is 0. The minimum atomic E-state index is 0.0822. The molecule has 2 aliphatic heterocycles. The van der Waals surface area contributed by atoms with Gasteiger partial charge in [0.05, 0.1) is 23.7 Å². The van der Waals surface area contributed by atoms with Gasteiger partial charge in [-0.2, -0.15) is 5.10 Å². The Morgan fingerprint density at radius 2 is 2.47 bits per heavy atom. The van der Waals surface area contributed by atoms with E-state index < -0.39 is 0 Å². The molecule has 5 nitrogen and oxygen atoms in total. The van der Waals surface area contributed by atoms with Crippen molar-refractivity contribution in [1.82, 2.24) is 20.1 Å². The second kappa shape index (κ2) is 4.66. The average Bonchev–Trinajstić information content (AvgIpc) is 2.40. The normalized spacial score (nSPS) is 26.6. The molecular formula is C10H10N4OS2. The van der Waals surface area contributed by atoms with E-state index in [2.05, 4.69) is 15.2 Å². The summed E-state index contributed by atoms with van der Waals surface area (Å²) in [4.78, 5) is 17.7. The fraction of sp³-hybridized carbons (Fsp3) is 0.400. The van der Waals surface area contributed by atoms with Gasteiger partial charge in [-0.15, -0.1) is 16.9 Å². The Morgan fingerprint density at radius 1 is 1.53 bits per heavy atom. The van der Waals surface area contributed by atoms with Crippen LogP contribution in [0.5, 0.6) is 0 Å². The molecule has 1 aromatic heterocycles. The highest BCUT2D eigenvalue weighted by Crippen LogP contribution is 2.40. The fourth-order valence-corrected chi connectivity index (χ4v) is 4.03. The molecule has 1 aromatic rings. The number of hydrogen-bond donors (Lipinski definition) is 0. The summed E-state index contributed by atoms with van der Waals surface area (Å²) in [6.07, 6.45) is 7.07. The maximum atomic E-state index is 11.8. The van der Waals surface area contributed by atoms with Gasteiger partial charge >= 0.3 is 0 Å². The van der Waals surface area contributed by atoms with Crippen molar-refractivity contribution in [3.63, 3.8) is 0 Å². The van der Waals surface area contributed by atoms with E-state index in [9.17, 15) is 4.79 Å². The Morgan fingerprint density at radius 3 is 3.29 bits per heavy atom. The van der Waals surface area contributed by atoms with Crippen LogP contribution in [0.25, 0.3) is 0 Å². The van der Waals surface area contributed by atoms with Crippen LogP contribution in [-0.2, 0) is 4.79 Å². The Bertz CT molecular complexity index is 453. The van der Waals surface area contributed by atoms with Crippen molar-refractivity contribution in [2.24, 2.45) is 5.92 Å². The smallest absolute Gasteiger partial charge is 0.234 e. The molecular weight excluding hydrogens is 256 g/mol. The minimum Gasteiger partial charge on any atom is -0.306 e. The molecule has 0 aromatic carbocycles. The highest BCUT2D eigenvalue weighted by atomic mass is 32.2. The van der Waals surface area contributed by atoms with Crippen LogP contribution >= 0.6 is 23.5 Å². The van der Waals surface area contributed by atoms with Crippen LogP contribution in [0.1, 0.15) is 0 Å². The van der Waals surface area contributed by atoms with Crippen molar-refractivity contribution in [3.8, 4) is 0 Å². The lowest BCUT2D eigenvalue weighted by molar-refractivity contribution is -0.144. The zero-order chi connectivity index (χ0) is 11.7. The van der Waals surface area contributed by atoms with Crippen LogP contribution in [0, 0.1) is 5.92 Å². The number of fused-ring (bicyclic) bond motifs is 1. The third kappa shape index (κ3) is 2.04. The molecule has 0 N–H and O–H groups in total. The van der Waals surface area contributed by atoms with E-state index in [4.69, 9.17) is 0 Å². The van der Waals surface area contributed by atoms with Crippen LogP contribution in [0.4, 0.5) is 0 Å². The lowest BCUT2D eigenvalue weighted by Crippen LogP contribution is -2.58. The molecule has 2 aliphatic rings. The number of nitrogens with zero attached hydrogens (tertiary/aromatic N) is 4. The predicted octanol–water partition coefficient (Wildman–Crippen LogP) is 1.01. The lowest BCUT2D eigenvalue weighted by atomic mass is 10.0. The van der Waals surface area contributed by atoms with Gasteiger partial charge in [-0.1, -0.05) is 17.8 Å². The molecule has 0 bridgehead atoms. The molecule has 0 radical (unpaired) electrons. The fourth-order valence-electron chi connectivity index (χ4n) is 1.84. The van der Waals surface area contributed by atoms with Crippen molar-refractivity contribution in [2.75, 3.05) is 11.5 Å². The molecule has 3 heterocycles. The van der Waals surface area contributed by atoms with Crippen LogP contribution < -0.4 is 0 Å². The molecule has 0 spiro atoms. The molecule has 1 unspecified atom stereocenters. The van der Waals surface area contributed by atoms with Gasteiger partial charge in [0.1, 0.15) is 0 Å². The van der Waals surface area contributed by atoms with E-state index in [1.54, 1.807) is 12.4 Å². The largest absolute Gasteiger partial charge is 0.306 e. The first-order chi connectivity index (χ1) is 8.36. The summed E-state index contributed by atoms with van der Waals surface area (Å²) >= 11 is 3.30. The molecule has 2 atom stereocenters. The van der Waals surface area contributed by atoms with Crippen molar-refractivity contribution >= 4 is 29.4 Å². The minimum absolute atomic E-state index is 0.0822. The number of rotatable bonds is 3. The number of carbonyl (C=O) groups excluding carboxylic acids is 1. The monoisotopic (exact) mass is 266 g/mol. The van der Waals surface area contributed by atoms with E-state index in [0.29, 0.717) is 10.5 Å². The Balaban J connectivity index is 1.60. The highest BCUT2D eigenvalue weighted by molar-refractivity contribution is 8.00. The number of aromatic nitrogens is 3. The summed E-state index contributed by atoms with van der Waals surface area (Å²) in [5.74, 6) is 2.00. The number of β-lactam (4-membered cyclic amide) rings is 1. The van der Waals surface area contributed by atoms with Crippen molar-refractivity contribution in [1.29, 1.82) is 0 Å². The summed E-state index contributed by atoms with van der Waals surface area (Å²) in [6, 6.07) is 0. The maximum absolute atomic E-state index is 11.8. The van der Waals surface area contributed by atoms with Gasteiger partial charge in [0.2, 0.25) is 11.1 Å². The molecule has 88 valence electrons. The number of carbonyl (C=O) groups is 1. The highest BCUT2D eigenvalue weighted by Gasteiger charge is 2.47. The van der Waals surface area contributed by atoms with Crippen molar-refractivity contribution in [2.45, 2.75) is 10.5 Å². The van der Waals surface area contributed by atoms with Crippen molar-refractivity contribution in [3.05, 3.63) is 24.7 Å². The lowest BCUT2D eigenvalue weighted by Gasteiger charge is -2.46. The maximum Gasteiger partial charge on any atom is 0.234 e. The van der Waals surface area contributed by atoms with Crippen LogP contribution in [0.3, 0.4) is 0 Å². The summed E-state index contributed by atoms with van der Waals surface area (Å²) < 4.78 is 0. The zero-order valence-electron chi connectivity index (χ0n) is 8.89. The molecule has 3 rings (SSSR count).